The van der Waals surface area contributed by atoms with E-state index in [2.05, 4.69) is 5.32 Å². The highest BCUT2D eigenvalue weighted by molar-refractivity contribution is 5.95. The number of rotatable bonds is 8. The van der Waals surface area contributed by atoms with E-state index in [9.17, 15) is 19.5 Å². The number of nitrogens with one attached hydrogen (secondary N) is 1. The molecule has 0 saturated heterocycles. The zero-order valence-electron chi connectivity index (χ0n) is 21.9. The van der Waals surface area contributed by atoms with E-state index in [1.165, 1.54) is 17.0 Å². The van der Waals surface area contributed by atoms with Gasteiger partial charge in [0.05, 0.1) is 23.7 Å². The van der Waals surface area contributed by atoms with Crippen LogP contribution >= 0.6 is 0 Å². The SMILES string of the molecule is CC1=C(C(=O)OCc2ccccc2)C(c2ccc(-c3ccccc3)cc2)NC(=O)N1Cc1ccc(C(=O)O)cc1. The number of allylic oxidation sites excluding steroid dienone is 1. The number of carbonyl (C=O) groups excluding carboxylic acids is 2. The van der Waals surface area contributed by atoms with Crippen molar-refractivity contribution in [1.82, 2.24) is 10.2 Å². The van der Waals surface area contributed by atoms with Gasteiger partial charge in [0, 0.05) is 5.70 Å². The van der Waals surface area contributed by atoms with E-state index in [0.717, 1.165) is 27.8 Å². The van der Waals surface area contributed by atoms with Gasteiger partial charge in [-0.2, -0.15) is 0 Å². The Bertz CT molecular complexity index is 1550. The van der Waals surface area contributed by atoms with Crippen molar-refractivity contribution in [2.45, 2.75) is 26.1 Å². The predicted molar refractivity (Wildman–Crippen MR) is 151 cm³/mol. The minimum atomic E-state index is -1.03. The second-order valence-corrected chi connectivity index (χ2v) is 9.52. The molecule has 0 radical (unpaired) electrons. The molecule has 4 aromatic rings. The number of carboxylic acids is 1. The number of benzene rings is 4. The van der Waals surface area contributed by atoms with Gasteiger partial charge in [0.1, 0.15) is 6.61 Å². The van der Waals surface area contributed by atoms with Gasteiger partial charge in [-0.3, -0.25) is 4.90 Å². The summed E-state index contributed by atoms with van der Waals surface area (Å²) in [5.74, 6) is -1.55. The summed E-state index contributed by atoms with van der Waals surface area (Å²) in [6.45, 7) is 1.99. The quantitative estimate of drug-likeness (QED) is 0.258. The van der Waals surface area contributed by atoms with Crippen LogP contribution in [0.3, 0.4) is 0 Å². The largest absolute Gasteiger partial charge is 0.478 e. The van der Waals surface area contributed by atoms with Gasteiger partial charge in [-0.05, 0) is 46.9 Å². The fraction of sp³-hybridized carbons (Fsp3) is 0.121. The van der Waals surface area contributed by atoms with Crippen LogP contribution in [-0.2, 0) is 22.7 Å². The summed E-state index contributed by atoms with van der Waals surface area (Å²) in [4.78, 5) is 39.6. The molecule has 40 heavy (non-hydrogen) atoms. The Morgan fingerprint density at radius 1 is 0.800 bits per heavy atom. The van der Waals surface area contributed by atoms with E-state index < -0.39 is 18.0 Å². The molecule has 0 saturated carbocycles. The number of nitrogens with zero attached hydrogens (tertiary/aromatic N) is 1. The summed E-state index contributed by atoms with van der Waals surface area (Å²) in [5, 5.41) is 12.2. The van der Waals surface area contributed by atoms with E-state index in [4.69, 9.17) is 4.74 Å². The van der Waals surface area contributed by atoms with Crippen LogP contribution in [0.5, 0.6) is 0 Å². The minimum Gasteiger partial charge on any atom is -0.478 e. The van der Waals surface area contributed by atoms with Crippen LogP contribution in [0, 0.1) is 0 Å². The molecule has 5 rings (SSSR count). The zero-order chi connectivity index (χ0) is 28.1. The van der Waals surface area contributed by atoms with Crippen LogP contribution in [-0.4, -0.2) is 28.0 Å². The molecule has 4 aromatic carbocycles. The predicted octanol–water partition coefficient (Wildman–Crippen LogP) is 6.34. The number of ether oxygens (including phenoxy) is 1. The third-order valence-corrected chi connectivity index (χ3v) is 6.92. The Morgan fingerprint density at radius 2 is 1.40 bits per heavy atom. The van der Waals surface area contributed by atoms with E-state index in [0.29, 0.717) is 11.3 Å². The standard InChI is InChI=1S/C33H28N2O5/c1-22-29(32(38)40-21-24-8-4-2-5-9-24)30(27-18-16-26(17-19-27)25-10-6-3-7-11-25)34-33(39)35(22)20-23-12-14-28(15-13-23)31(36)37/h2-19,30H,20-21H2,1H3,(H,34,39)(H,36,37). The summed E-state index contributed by atoms with van der Waals surface area (Å²) in [6, 6.07) is 32.3. The normalized spacial score (nSPS) is 15.0. The molecule has 0 aromatic heterocycles. The molecule has 2 amide bonds. The summed E-state index contributed by atoms with van der Waals surface area (Å²) < 4.78 is 5.72. The second-order valence-electron chi connectivity index (χ2n) is 9.52. The first-order chi connectivity index (χ1) is 19.4. The molecule has 2 N–H and O–H groups in total. The number of hydrogen-bond acceptors (Lipinski definition) is 4. The smallest absolute Gasteiger partial charge is 0.338 e. The highest BCUT2D eigenvalue weighted by Gasteiger charge is 2.36. The minimum absolute atomic E-state index is 0.0979. The summed E-state index contributed by atoms with van der Waals surface area (Å²) in [5.41, 5.74) is 5.39. The number of hydrogen-bond donors (Lipinski definition) is 2. The third kappa shape index (κ3) is 5.78. The molecule has 1 aliphatic heterocycles. The summed E-state index contributed by atoms with van der Waals surface area (Å²) in [6.07, 6.45) is 0. The molecular weight excluding hydrogens is 504 g/mol. The maximum atomic E-state index is 13.6. The van der Waals surface area contributed by atoms with Gasteiger partial charge in [-0.15, -0.1) is 0 Å². The topological polar surface area (TPSA) is 95.9 Å². The number of urea groups is 1. The highest BCUT2D eigenvalue weighted by Crippen LogP contribution is 2.33. The summed E-state index contributed by atoms with van der Waals surface area (Å²) >= 11 is 0. The first-order valence-electron chi connectivity index (χ1n) is 12.9. The van der Waals surface area contributed by atoms with Crippen LogP contribution in [0.15, 0.2) is 120 Å². The van der Waals surface area contributed by atoms with E-state index in [1.54, 1.807) is 19.1 Å². The maximum absolute atomic E-state index is 13.6. The summed E-state index contributed by atoms with van der Waals surface area (Å²) in [7, 11) is 0. The van der Waals surface area contributed by atoms with E-state index in [-0.39, 0.29) is 24.7 Å². The van der Waals surface area contributed by atoms with Crippen molar-refractivity contribution < 1.29 is 24.2 Å². The average Bonchev–Trinajstić information content (AvgIpc) is 2.99. The number of carbonyl (C=O) groups is 3. The lowest BCUT2D eigenvalue weighted by Gasteiger charge is -2.35. The lowest BCUT2D eigenvalue weighted by atomic mass is 9.93. The Morgan fingerprint density at radius 3 is 2.02 bits per heavy atom. The van der Waals surface area contributed by atoms with Crippen molar-refractivity contribution in [3.05, 3.63) is 143 Å². The van der Waals surface area contributed by atoms with Crippen molar-refractivity contribution in [3.63, 3.8) is 0 Å². The number of carboxylic acid groups (broad SMARTS) is 1. The van der Waals surface area contributed by atoms with Crippen molar-refractivity contribution in [3.8, 4) is 11.1 Å². The molecule has 1 unspecified atom stereocenters. The first kappa shape index (κ1) is 26.4. The fourth-order valence-electron chi connectivity index (χ4n) is 4.72. The maximum Gasteiger partial charge on any atom is 0.338 e. The number of aromatic carboxylic acids is 1. The van der Waals surface area contributed by atoms with Gasteiger partial charge in [0.2, 0.25) is 0 Å². The zero-order valence-corrected chi connectivity index (χ0v) is 21.9. The molecule has 0 aliphatic carbocycles. The molecule has 1 atom stereocenters. The van der Waals surface area contributed by atoms with Crippen molar-refractivity contribution in [2.24, 2.45) is 0 Å². The van der Waals surface area contributed by atoms with Gasteiger partial charge in [-0.25, -0.2) is 14.4 Å². The van der Waals surface area contributed by atoms with Gasteiger partial charge >= 0.3 is 18.0 Å². The second kappa shape index (κ2) is 11.7. The molecule has 0 fully saturated rings. The van der Waals surface area contributed by atoms with Crippen LogP contribution in [0.2, 0.25) is 0 Å². The monoisotopic (exact) mass is 532 g/mol. The van der Waals surface area contributed by atoms with Gasteiger partial charge in [-0.1, -0.05) is 97.1 Å². The Balaban J connectivity index is 1.47. The third-order valence-electron chi connectivity index (χ3n) is 6.92. The molecule has 0 spiro atoms. The molecule has 0 bridgehead atoms. The lowest BCUT2D eigenvalue weighted by Crippen LogP contribution is -2.47. The number of esters is 1. The van der Waals surface area contributed by atoms with Crippen molar-refractivity contribution in [2.75, 3.05) is 0 Å². The molecule has 200 valence electrons. The van der Waals surface area contributed by atoms with E-state index in [1.807, 2.05) is 84.9 Å². The van der Waals surface area contributed by atoms with Crippen LogP contribution in [0.25, 0.3) is 11.1 Å². The molecule has 1 heterocycles. The van der Waals surface area contributed by atoms with E-state index >= 15 is 0 Å². The van der Waals surface area contributed by atoms with Gasteiger partial charge in [0.15, 0.2) is 0 Å². The first-order valence-corrected chi connectivity index (χ1v) is 12.9. The Kier molecular flexibility index (Phi) is 7.73. The van der Waals surface area contributed by atoms with Crippen molar-refractivity contribution in [1.29, 1.82) is 0 Å². The number of amides is 2. The highest BCUT2D eigenvalue weighted by atomic mass is 16.5. The van der Waals surface area contributed by atoms with Gasteiger partial charge in [0.25, 0.3) is 0 Å². The Hall–Kier alpha value is -5.17. The van der Waals surface area contributed by atoms with Crippen LogP contribution in [0.1, 0.15) is 40.0 Å². The molecule has 7 heteroatoms. The Labute approximate surface area is 232 Å². The lowest BCUT2D eigenvalue weighted by molar-refractivity contribution is -0.141. The van der Waals surface area contributed by atoms with Crippen molar-refractivity contribution >= 4 is 18.0 Å². The van der Waals surface area contributed by atoms with Crippen LogP contribution < -0.4 is 5.32 Å². The van der Waals surface area contributed by atoms with Gasteiger partial charge < -0.3 is 15.2 Å². The fourth-order valence-corrected chi connectivity index (χ4v) is 4.72. The van der Waals surface area contributed by atoms with Crippen LogP contribution in [0.4, 0.5) is 4.79 Å². The molecular formula is C33H28N2O5. The molecule has 1 aliphatic rings. The molecule has 7 nitrogen and oxygen atoms in total. The average molecular weight is 533 g/mol.